The number of aryl methyl sites for hydroxylation is 1. The first-order valence-electron chi connectivity index (χ1n) is 10.7. The summed E-state index contributed by atoms with van der Waals surface area (Å²) >= 11 is 0. The van der Waals surface area contributed by atoms with Crippen LogP contribution in [0, 0.1) is 6.92 Å². The number of aromatic carboxylic acids is 1. The molecule has 2 heterocycles. The van der Waals surface area contributed by atoms with E-state index in [1.54, 1.807) is 11.0 Å². The number of piperazine rings is 1. The quantitative estimate of drug-likeness (QED) is 0.689. The van der Waals surface area contributed by atoms with Gasteiger partial charge in [-0.05, 0) is 49.1 Å². The molecule has 1 saturated heterocycles. The van der Waals surface area contributed by atoms with Gasteiger partial charge in [-0.2, -0.15) is 9.78 Å². The number of nitrogens with zero attached hydrogens (tertiary/aromatic N) is 4. The lowest BCUT2D eigenvalue weighted by atomic mass is 9.99. The topological polar surface area (TPSA) is 78.7 Å². The summed E-state index contributed by atoms with van der Waals surface area (Å²) in [7, 11) is 0. The molecule has 1 amide bonds. The molecule has 1 aromatic carbocycles. The standard InChI is InChI=1S/C25H30N4O3/c1-5-6-7-8-18(2)21-9-10-22(19(3)15-21)17-27-13-14-28(20(4)16-27)25(32)29-12-11-23(26-29)24(30)31/h5-12,15,20H,1,13-14,16-17H2,2-4H3,(H,30,31)/b7-6-,18-8+/t20-/m0/s1. The molecule has 1 fully saturated rings. The molecule has 0 aliphatic carbocycles. The predicted octanol–water partition coefficient (Wildman–Crippen LogP) is 4.21. The first-order chi connectivity index (χ1) is 15.3. The van der Waals surface area contributed by atoms with Gasteiger partial charge in [0.1, 0.15) is 0 Å². The summed E-state index contributed by atoms with van der Waals surface area (Å²) in [5.74, 6) is -1.14. The summed E-state index contributed by atoms with van der Waals surface area (Å²) in [6.45, 7) is 12.8. The van der Waals surface area contributed by atoms with E-state index in [1.807, 2.05) is 19.1 Å². The lowest BCUT2D eigenvalue weighted by Gasteiger charge is -2.39. The smallest absolute Gasteiger partial charge is 0.356 e. The van der Waals surface area contributed by atoms with Crippen molar-refractivity contribution in [3.8, 4) is 0 Å². The molecule has 0 bridgehead atoms. The SMILES string of the molecule is C=C/C=C\C=C(/C)c1ccc(CN2CCN(C(=O)n3ccc(C(=O)O)n3)[C@@H](C)C2)c(C)c1. The Morgan fingerprint density at radius 3 is 2.66 bits per heavy atom. The molecule has 3 rings (SSSR count). The highest BCUT2D eigenvalue weighted by Gasteiger charge is 2.29. The average Bonchev–Trinajstić information content (AvgIpc) is 3.26. The summed E-state index contributed by atoms with van der Waals surface area (Å²) < 4.78 is 1.11. The van der Waals surface area contributed by atoms with E-state index in [9.17, 15) is 9.59 Å². The number of aromatic nitrogens is 2. The maximum atomic E-state index is 12.8. The maximum Gasteiger partial charge on any atom is 0.356 e. The molecule has 0 unspecified atom stereocenters. The zero-order valence-corrected chi connectivity index (χ0v) is 18.9. The van der Waals surface area contributed by atoms with Crippen molar-refractivity contribution in [3.05, 3.63) is 83.7 Å². The second-order valence-corrected chi connectivity index (χ2v) is 8.12. The Hall–Kier alpha value is -3.45. The molecule has 7 nitrogen and oxygen atoms in total. The fourth-order valence-corrected chi connectivity index (χ4v) is 3.87. The van der Waals surface area contributed by atoms with Crippen LogP contribution in [0.5, 0.6) is 0 Å². The highest BCUT2D eigenvalue weighted by molar-refractivity contribution is 5.86. The van der Waals surface area contributed by atoms with E-state index >= 15 is 0 Å². The zero-order valence-electron chi connectivity index (χ0n) is 18.9. The molecule has 0 spiro atoms. The Labute approximate surface area is 188 Å². The van der Waals surface area contributed by atoms with Crippen molar-refractivity contribution >= 4 is 17.6 Å². The second-order valence-electron chi connectivity index (χ2n) is 8.12. The predicted molar refractivity (Wildman–Crippen MR) is 126 cm³/mol. The zero-order chi connectivity index (χ0) is 23.3. The molecule has 1 aromatic heterocycles. The van der Waals surface area contributed by atoms with Crippen molar-refractivity contribution in [2.75, 3.05) is 19.6 Å². The maximum absolute atomic E-state index is 12.8. The van der Waals surface area contributed by atoms with Crippen LogP contribution in [-0.4, -0.2) is 62.4 Å². The number of hydrogen-bond acceptors (Lipinski definition) is 4. The fraction of sp³-hybridized carbons (Fsp3) is 0.320. The molecule has 1 N–H and O–H groups in total. The minimum absolute atomic E-state index is 0.00451. The van der Waals surface area contributed by atoms with Crippen molar-refractivity contribution in [1.82, 2.24) is 19.6 Å². The minimum Gasteiger partial charge on any atom is -0.476 e. The van der Waals surface area contributed by atoms with Gasteiger partial charge in [-0.3, -0.25) is 4.90 Å². The van der Waals surface area contributed by atoms with Gasteiger partial charge in [0.15, 0.2) is 5.69 Å². The summed E-state index contributed by atoms with van der Waals surface area (Å²) in [6.07, 6.45) is 9.13. The van der Waals surface area contributed by atoms with E-state index in [4.69, 9.17) is 5.11 Å². The number of benzene rings is 1. The number of amides is 1. The fourth-order valence-electron chi connectivity index (χ4n) is 3.87. The van der Waals surface area contributed by atoms with E-state index < -0.39 is 5.97 Å². The largest absolute Gasteiger partial charge is 0.476 e. The van der Waals surface area contributed by atoms with Gasteiger partial charge in [0.05, 0.1) is 0 Å². The molecule has 1 aliphatic heterocycles. The minimum atomic E-state index is -1.14. The first kappa shape index (κ1) is 23.2. The second kappa shape index (κ2) is 10.2. The number of carboxylic acid groups (broad SMARTS) is 1. The molecule has 168 valence electrons. The monoisotopic (exact) mass is 434 g/mol. The van der Waals surface area contributed by atoms with Crippen molar-refractivity contribution < 1.29 is 14.7 Å². The van der Waals surface area contributed by atoms with E-state index in [0.29, 0.717) is 6.54 Å². The molecule has 1 aliphatic rings. The number of carboxylic acids is 1. The van der Waals surface area contributed by atoms with Crippen LogP contribution in [-0.2, 0) is 6.54 Å². The van der Waals surface area contributed by atoms with Gasteiger partial charge in [0.25, 0.3) is 0 Å². The molecular weight excluding hydrogens is 404 g/mol. The van der Waals surface area contributed by atoms with Crippen molar-refractivity contribution in [2.24, 2.45) is 0 Å². The lowest BCUT2D eigenvalue weighted by Crippen LogP contribution is -2.54. The Morgan fingerprint density at radius 2 is 2.03 bits per heavy atom. The summed E-state index contributed by atoms with van der Waals surface area (Å²) in [6, 6.07) is 7.58. The van der Waals surface area contributed by atoms with Crippen molar-refractivity contribution in [3.63, 3.8) is 0 Å². The Morgan fingerprint density at radius 1 is 1.25 bits per heavy atom. The van der Waals surface area contributed by atoms with Crippen LogP contribution in [0.1, 0.15) is 41.0 Å². The van der Waals surface area contributed by atoms with Gasteiger partial charge in [0, 0.05) is 38.4 Å². The molecular formula is C25H30N4O3. The molecule has 7 heteroatoms. The van der Waals surface area contributed by atoms with Crippen LogP contribution in [0.3, 0.4) is 0 Å². The Kier molecular flexibility index (Phi) is 7.43. The van der Waals surface area contributed by atoms with Crippen LogP contribution in [0.2, 0.25) is 0 Å². The summed E-state index contributed by atoms with van der Waals surface area (Å²) in [4.78, 5) is 27.9. The Bertz CT molecular complexity index is 1070. The third kappa shape index (κ3) is 5.42. The number of carbonyl (C=O) groups excluding carboxylic acids is 1. The number of hydrogen-bond donors (Lipinski definition) is 1. The molecule has 0 radical (unpaired) electrons. The average molecular weight is 435 g/mol. The summed E-state index contributed by atoms with van der Waals surface area (Å²) in [5.41, 5.74) is 4.78. The van der Waals surface area contributed by atoms with E-state index in [1.165, 1.54) is 34.5 Å². The third-order valence-corrected chi connectivity index (χ3v) is 5.75. The van der Waals surface area contributed by atoms with Gasteiger partial charge in [-0.25, -0.2) is 9.59 Å². The number of allylic oxidation sites excluding steroid dienone is 5. The van der Waals surface area contributed by atoms with Crippen molar-refractivity contribution in [1.29, 1.82) is 0 Å². The number of carbonyl (C=O) groups is 2. The van der Waals surface area contributed by atoms with Crippen LogP contribution >= 0.6 is 0 Å². The third-order valence-electron chi connectivity index (χ3n) is 5.75. The lowest BCUT2D eigenvalue weighted by molar-refractivity contribution is 0.0689. The first-order valence-corrected chi connectivity index (χ1v) is 10.7. The van der Waals surface area contributed by atoms with Crippen LogP contribution in [0.15, 0.2) is 61.3 Å². The van der Waals surface area contributed by atoms with E-state index in [0.717, 1.165) is 24.3 Å². The van der Waals surface area contributed by atoms with Gasteiger partial charge >= 0.3 is 12.0 Å². The van der Waals surface area contributed by atoms with E-state index in [2.05, 4.69) is 54.7 Å². The molecule has 2 aromatic rings. The Balaban J connectivity index is 1.62. The van der Waals surface area contributed by atoms with Gasteiger partial charge < -0.3 is 10.0 Å². The van der Waals surface area contributed by atoms with Crippen LogP contribution in [0.25, 0.3) is 5.57 Å². The van der Waals surface area contributed by atoms with Crippen LogP contribution in [0.4, 0.5) is 4.79 Å². The van der Waals surface area contributed by atoms with Gasteiger partial charge in [-0.1, -0.05) is 49.1 Å². The molecule has 32 heavy (non-hydrogen) atoms. The highest BCUT2D eigenvalue weighted by atomic mass is 16.4. The summed E-state index contributed by atoms with van der Waals surface area (Å²) in [5, 5.41) is 12.9. The van der Waals surface area contributed by atoms with Crippen molar-refractivity contribution in [2.45, 2.75) is 33.4 Å². The van der Waals surface area contributed by atoms with E-state index in [-0.39, 0.29) is 17.8 Å². The molecule has 0 saturated carbocycles. The molecule has 1 atom stereocenters. The van der Waals surface area contributed by atoms with Gasteiger partial charge in [-0.15, -0.1) is 0 Å². The van der Waals surface area contributed by atoms with Crippen LogP contribution < -0.4 is 0 Å². The normalized spacial score (nSPS) is 17.7. The number of rotatable bonds is 6. The highest BCUT2D eigenvalue weighted by Crippen LogP contribution is 2.21. The van der Waals surface area contributed by atoms with Gasteiger partial charge in [0.2, 0.25) is 0 Å².